The van der Waals surface area contributed by atoms with Crippen LogP contribution >= 0.6 is 0 Å². The van der Waals surface area contributed by atoms with Crippen LogP contribution in [0.4, 0.5) is 14.9 Å². The molecule has 114 valence electrons. The molecule has 2 rings (SSSR count). The quantitative estimate of drug-likeness (QED) is 0.498. The Labute approximate surface area is 123 Å². The smallest absolute Gasteiger partial charge is 0.319 e. The number of benzene rings is 1. The number of halogens is 1. The number of hydrogen-bond donors (Lipinski definition) is 4. The van der Waals surface area contributed by atoms with Crippen LogP contribution < -0.4 is 16.4 Å². The molecule has 7 heteroatoms. The molecule has 1 aromatic carbocycles. The predicted molar refractivity (Wildman–Crippen MR) is 79.9 cm³/mol. The monoisotopic (exact) mass is 293 g/mol. The Morgan fingerprint density at radius 2 is 2.05 bits per heavy atom. The summed E-state index contributed by atoms with van der Waals surface area (Å²) in [6.07, 6.45) is 1.58. The van der Waals surface area contributed by atoms with Gasteiger partial charge in [-0.05, 0) is 25.0 Å². The molecule has 0 spiro atoms. The molecule has 1 aromatic rings. The molecule has 6 nitrogen and oxygen atoms in total. The highest BCUT2D eigenvalue weighted by molar-refractivity contribution is 5.89. The zero-order chi connectivity index (χ0) is 15.2. The lowest BCUT2D eigenvalue weighted by Gasteiger charge is -2.31. The van der Waals surface area contributed by atoms with Crippen molar-refractivity contribution in [3.05, 3.63) is 30.1 Å². The van der Waals surface area contributed by atoms with Gasteiger partial charge in [-0.1, -0.05) is 12.1 Å². The lowest BCUT2D eigenvalue weighted by molar-refractivity contribution is 0.212. The maximum absolute atomic E-state index is 13.4. The van der Waals surface area contributed by atoms with Crippen LogP contribution in [0.5, 0.6) is 0 Å². The van der Waals surface area contributed by atoms with Crippen LogP contribution in [-0.2, 0) is 0 Å². The van der Waals surface area contributed by atoms with E-state index in [4.69, 9.17) is 11.1 Å². The standard InChI is InChI=1S/C14H20FN5O/c15-11-3-1-2-4-12(11)19-14(21)18-10-5-7-20(8-6-10)9-13(16)17/h1-4,10H,5-9H2,(H3,16,17)(H2,18,19,21). The zero-order valence-corrected chi connectivity index (χ0v) is 11.7. The second kappa shape index (κ2) is 7.03. The van der Waals surface area contributed by atoms with E-state index in [1.807, 2.05) is 0 Å². The van der Waals surface area contributed by atoms with Gasteiger partial charge in [0.2, 0.25) is 0 Å². The molecule has 0 saturated carbocycles. The van der Waals surface area contributed by atoms with Gasteiger partial charge < -0.3 is 16.4 Å². The fourth-order valence-electron chi connectivity index (χ4n) is 2.38. The number of nitrogens with zero attached hydrogens (tertiary/aromatic N) is 1. The van der Waals surface area contributed by atoms with Gasteiger partial charge in [0.1, 0.15) is 11.7 Å². The van der Waals surface area contributed by atoms with Crippen molar-refractivity contribution in [3.8, 4) is 0 Å². The first-order valence-electron chi connectivity index (χ1n) is 6.92. The largest absolute Gasteiger partial charge is 0.387 e. The maximum atomic E-state index is 13.4. The van der Waals surface area contributed by atoms with Gasteiger partial charge in [-0.2, -0.15) is 0 Å². The molecule has 5 N–H and O–H groups in total. The van der Waals surface area contributed by atoms with E-state index < -0.39 is 11.8 Å². The summed E-state index contributed by atoms with van der Waals surface area (Å²) in [5.74, 6) is -0.303. The van der Waals surface area contributed by atoms with E-state index in [2.05, 4.69) is 15.5 Å². The Balaban J connectivity index is 1.77. The van der Waals surface area contributed by atoms with Gasteiger partial charge in [0.25, 0.3) is 0 Å². The Morgan fingerprint density at radius 1 is 1.38 bits per heavy atom. The molecular weight excluding hydrogens is 273 g/mol. The molecule has 0 atom stereocenters. The van der Waals surface area contributed by atoms with Gasteiger partial charge in [0.05, 0.1) is 12.2 Å². The molecule has 2 amide bonds. The summed E-state index contributed by atoms with van der Waals surface area (Å²) in [5, 5.41) is 12.6. The van der Waals surface area contributed by atoms with Crippen molar-refractivity contribution < 1.29 is 9.18 Å². The van der Waals surface area contributed by atoms with Gasteiger partial charge in [-0.15, -0.1) is 0 Å². The van der Waals surface area contributed by atoms with Gasteiger partial charge in [-0.3, -0.25) is 10.3 Å². The minimum absolute atomic E-state index is 0.0555. The summed E-state index contributed by atoms with van der Waals surface area (Å²) in [6, 6.07) is 5.72. The normalized spacial score (nSPS) is 16.4. The number of piperidine rings is 1. The first-order chi connectivity index (χ1) is 10.0. The van der Waals surface area contributed by atoms with E-state index in [9.17, 15) is 9.18 Å². The summed E-state index contributed by atoms with van der Waals surface area (Å²) in [7, 11) is 0. The summed E-state index contributed by atoms with van der Waals surface area (Å²) in [6.45, 7) is 2.03. The van der Waals surface area contributed by atoms with Gasteiger partial charge in [-0.25, -0.2) is 9.18 Å². The molecule has 1 fully saturated rings. The van der Waals surface area contributed by atoms with Crippen molar-refractivity contribution in [2.75, 3.05) is 25.0 Å². The number of amidine groups is 1. The van der Waals surface area contributed by atoms with Crippen LogP contribution in [0.15, 0.2) is 24.3 Å². The lowest BCUT2D eigenvalue weighted by Crippen LogP contribution is -2.47. The molecule has 0 aromatic heterocycles. The second-order valence-corrected chi connectivity index (χ2v) is 5.15. The van der Waals surface area contributed by atoms with E-state index in [0.29, 0.717) is 6.54 Å². The average molecular weight is 293 g/mol. The molecular formula is C14H20FN5O. The third-order valence-electron chi connectivity index (χ3n) is 3.44. The SMILES string of the molecule is N=C(N)CN1CCC(NC(=O)Nc2ccccc2F)CC1. The molecule has 1 saturated heterocycles. The van der Waals surface area contributed by atoms with Crippen LogP contribution in [0.3, 0.4) is 0 Å². The Kier molecular flexibility index (Phi) is 5.10. The van der Waals surface area contributed by atoms with Crippen LogP contribution in [-0.4, -0.2) is 42.4 Å². The van der Waals surface area contributed by atoms with Crippen molar-refractivity contribution in [3.63, 3.8) is 0 Å². The molecule has 0 radical (unpaired) electrons. The summed E-state index contributed by atoms with van der Waals surface area (Å²) in [5.41, 5.74) is 5.54. The Bertz CT molecular complexity index is 514. The number of anilines is 1. The van der Waals surface area contributed by atoms with E-state index >= 15 is 0 Å². The van der Waals surface area contributed by atoms with Gasteiger partial charge in [0.15, 0.2) is 0 Å². The van der Waals surface area contributed by atoms with E-state index in [1.54, 1.807) is 12.1 Å². The fourth-order valence-corrected chi connectivity index (χ4v) is 2.38. The summed E-state index contributed by atoms with van der Waals surface area (Å²) < 4.78 is 13.4. The predicted octanol–water partition coefficient (Wildman–Crippen LogP) is 1.35. The maximum Gasteiger partial charge on any atom is 0.319 e. The van der Waals surface area contributed by atoms with Crippen molar-refractivity contribution in [2.45, 2.75) is 18.9 Å². The molecule has 21 heavy (non-hydrogen) atoms. The number of nitrogens with one attached hydrogen (secondary N) is 3. The topological polar surface area (TPSA) is 94.2 Å². The number of rotatable bonds is 4. The number of nitrogens with two attached hydrogens (primary N) is 1. The molecule has 0 unspecified atom stereocenters. The molecule has 1 aliphatic heterocycles. The van der Waals surface area contributed by atoms with Crippen LogP contribution in [0.2, 0.25) is 0 Å². The number of urea groups is 1. The number of carbonyl (C=O) groups is 1. The molecule has 0 aliphatic carbocycles. The number of para-hydroxylation sites is 1. The highest BCUT2D eigenvalue weighted by Crippen LogP contribution is 2.13. The number of hydrogen-bond acceptors (Lipinski definition) is 3. The number of likely N-dealkylation sites (tertiary alicyclic amines) is 1. The van der Waals surface area contributed by atoms with Crippen molar-refractivity contribution >= 4 is 17.6 Å². The van der Waals surface area contributed by atoms with Crippen LogP contribution in [0.25, 0.3) is 0 Å². The van der Waals surface area contributed by atoms with E-state index in [-0.39, 0.29) is 17.6 Å². The van der Waals surface area contributed by atoms with E-state index in [0.717, 1.165) is 25.9 Å². The Hall–Kier alpha value is -2.15. The van der Waals surface area contributed by atoms with Gasteiger partial charge >= 0.3 is 6.03 Å². The minimum Gasteiger partial charge on any atom is -0.387 e. The number of amides is 2. The van der Waals surface area contributed by atoms with Crippen molar-refractivity contribution in [1.82, 2.24) is 10.2 Å². The fraction of sp³-hybridized carbons (Fsp3) is 0.429. The van der Waals surface area contributed by atoms with Crippen molar-refractivity contribution in [2.24, 2.45) is 5.73 Å². The Morgan fingerprint density at radius 3 is 2.67 bits per heavy atom. The zero-order valence-electron chi connectivity index (χ0n) is 11.7. The van der Waals surface area contributed by atoms with Crippen LogP contribution in [0, 0.1) is 11.2 Å². The van der Waals surface area contributed by atoms with Crippen molar-refractivity contribution in [1.29, 1.82) is 5.41 Å². The average Bonchev–Trinajstić information content (AvgIpc) is 2.43. The lowest BCUT2D eigenvalue weighted by atomic mass is 10.1. The number of carbonyl (C=O) groups excluding carboxylic acids is 1. The highest BCUT2D eigenvalue weighted by Gasteiger charge is 2.21. The first kappa shape index (κ1) is 15.2. The van der Waals surface area contributed by atoms with Crippen LogP contribution in [0.1, 0.15) is 12.8 Å². The highest BCUT2D eigenvalue weighted by atomic mass is 19.1. The third kappa shape index (κ3) is 4.71. The molecule has 0 bridgehead atoms. The van der Waals surface area contributed by atoms with Gasteiger partial charge in [0, 0.05) is 19.1 Å². The summed E-state index contributed by atoms with van der Waals surface area (Å²) >= 11 is 0. The molecule has 1 aliphatic rings. The summed E-state index contributed by atoms with van der Waals surface area (Å²) in [4.78, 5) is 13.9. The minimum atomic E-state index is -0.455. The first-order valence-corrected chi connectivity index (χ1v) is 6.92. The second-order valence-electron chi connectivity index (χ2n) is 5.15. The molecule has 1 heterocycles. The third-order valence-corrected chi connectivity index (χ3v) is 3.44. The van der Waals surface area contributed by atoms with E-state index in [1.165, 1.54) is 12.1 Å².